The van der Waals surface area contributed by atoms with Crippen molar-refractivity contribution in [2.75, 3.05) is 0 Å². The molecule has 11 aromatic rings. The molecule has 0 spiro atoms. The molecule has 0 aliphatic rings. The molecule has 0 radical (unpaired) electrons. The van der Waals surface area contributed by atoms with Crippen LogP contribution in [-0.2, 0) is 6.42 Å². The van der Waals surface area contributed by atoms with Gasteiger partial charge in [0.05, 0.1) is 27.8 Å². The van der Waals surface area contributed by atoms with Crippen molar-refractivity contribution < 1.29 is 0 Å². The predicted molar refractivity (Wildman–Crippen MR) is 316 cm³/mol. The lowest BCUT2D eigenvalue weighted by atomic mass is 9.99. The number of para-hydroxylation sites is 4. The molecular formula is C69H60N4. The molecule has 0 saturated heterocycles. The second-order valence-electron chi connectivity index (χ2n) is 17.8. The first-order chi connectivity index (χ1) is 36.0. The zero-order chi connectivity index (χ0) is 50.2. The number of hydrogen-bond acceptors (Lipinski definition) is 2. The predicted octanol–water partition coefficient (Wildman–Crippen LogP) is 17.8. The lowest BCUT2D eigenvalue weighted by Gasteiger charge is -2.11. The fourth-order valence-corrected chi connectivity index (χ4v) is 9.29. The maximum absolute atomic E-state index is 6.55. The van der Waals surface area contributed by atoms with Gasteiger partial charge in [-0.25, -0.2) is 0 Å². The Balaban J connectivity index is 0.000000162. The zero-order valence-electron chi connectivity index (χ0n) is 41.4. The molecule has 11 rings (SSSR count). The standard InChI is InChI=1S/C35H28N2.C27H24N2.C7H8/c36-33(28-13-5-2-6-14-28)25-29(20-19-26-11-3-1-4-12-26)27-21-23-30(24-22-27)37-34-17-9-7-15-31(34)32-16-8-10-18-35(32)37;1-3-4-5-6-7-14-25(28-2)21-17-19-22(20-18-21)29-26-15-10-8-12-23(26)24-13-9-11-16-27(24)29;1-7-5-3-2-4-6-7/h1-18,20-25H,19,36H2;3-5,8-20H,1-2,6-7H2;2-6H,1H3/b29-20+,33-25-;5-4-,25-14-;. The van der Waals surface area contributed by atoms with Gasteiger partial charge in [-0.15, -0.1) is 0 Å². The van der Waals surface area contributed by atoms with E-state index in [0.717, 1.165) is 64.3 Å². The molecule has 2 heterocycles. The Morgan fingerprint density at radius 3 is 1.33 bits per heavy atom. The second kappa shape index (κ2) is 24.0. The van der Waals surface area contributed by atoms with Crippen LogP contribution < -0.4 is 5.73 Å². The Kier molecular flexibility index (Phi) is 16.1. The van der Waals surface area contributed by atoms with Crippen molar-refractivity contribution >= 4 is 67.3 Å². The highest BCUT2D eigenvalue weighted by atomic mass is 15.0. The lowest BCUT2D eigenvalue weighted by Crippen LogP contribution is -1.98. The first-order valence-electron chi connectivity index (χ1n) is 24.9. The first-order valence-corrected chi connectivity index (χ1v) is 24.9. The van der Waals surface area contributed by atoms with E-state index in [4.69, 9.17) is 5.73 Å². The summed E-state index contributed by atoms with van der Waals surface area (Å²) < 4.78 is 4.66. The van der Waals surface area contributed by atoms with E-state index >= 15 is 0 Å². The highest BCUT2D eigenvalue weighted by Crippen LogP contribution is 2.34. The second-order valence-corrected chi connectivity index (χ2v) is 17.8. The Labute approximate surface area is 430 Å². The molecule has 356 valence electrons. The highest BCUT2D eigenvalue weighted by molar-refractivity contribution is 6.10. The number of benzene rings is 9. The van der Waals surface area contributed by atoms with Gasteiger partial charge < -0.3 is 14.9 Å². The maximum Gasteiger partial charge on any atom is 0.0655 e. The van der Waals surface area contributed by atoms with Crippen molar-refractivity contribution in [1.29, 1.82) is 0 Å². The molecule has 4 nitrogen and oxygen atoms in total. The SMILES string of the molecule is C=C/C=C\CC/C=C(\N=C)c1ccc(-n2c3ccccc3c3ccccc32)cc1.Cc1ccccc1.N/C(=C\C(=C/Cc1ccccc1)c1ccc(-n2c3ccccc3c3ccccc32)cc1)c1ccccc1. The van der Waals surface area contributed by atoms with Gasteiger partial charge in [0.15, 0.2) is 0 Å². The Morgan fingerprint density at radius 1 is 0.466 bits per heavy atom. The molecule has 0 saturated carbocycles. The number of rotatable bonds is 13. The summed E-state index contributed by atoms with van der Waals surface area (Å²) in [4.78, 5) is 4.23. The third-order valence-corrected chi connectivity index (χ3v) is 12.9. The van der Waals surface area contributed by atoms with Gasteiger partial charge in [0, 0.05) is 38.6 Å². The maximum atomic E-state index is 6.55. The number of hydrogen-bond donors (Lipinski definition) is 1. The van der Waals surface area contributed by atoms with Gasteiger partial charge in [-0.1, -0.05) is 231 Å². The fraction of sp³-hybridized carbons (Fsp3) is 0.0580. The summed E-state index contributed by atoms with van der Waals surface area (Å²) in [6.07, 6.45) is 15.1. The third kappa shape index (κ3) is 11.7. The van der Waals surface area contributed by atoms with Gasteiger partial charge in [0.2, 0.25) is 0 Å². The Hall–Kier alpha value is -9.25. The minimum absolute atomic E-state index is 0.756. The zero-order valence-corrected chi connectivity index (χ0v) is 41.4. The summed E-state index contributed by atoms with van der Waals surface area (Å²) in [6, 6.07) is 82.6. The highest BCUT2D eigenvalue weighted by Gasteiger charge is 2.13. The molecule has 2 aromatic heterocycles. The number of allylic oxidation sites excluding steroid dienone is 7. The molecule has 73 heavy (non-hydrogen) atoms. The van der Waals surface area contributed by atoms with Gasteiger partial charge in [-0.2, -0.15) is 0 Å². The largest absolute Gasteiger partial charge is 0.398 e. The Morgan fingerprint density at radius 2 is 0.890 bits per heavy atom. The van der Waals surface area contributed by atoms with Gasteiger partial charge >= 0.3 is 0 Å². The smallest absolute Gasteiger partial charge is 0.0655 e. The van der Waals surface area contributed by atoms with Crippen molar-refractivity contribution in [3.63, 3.8) is 0 Å². The van der Waals surface area contributed by atoms with Crippen molar-refractivity contribution in [1.82, 2.24) is 9.13 Å². The number of aryl methyl sites for hydroxylation is 1. The number of nitrogens with zero attached hydrogens (tertiary/aromatic N) is 3. The molecule has 9 aromatic carbocycles. The summed E-state index contributed by atoms with van der Waals surface area (Å²) in [6.45, 7) is 9.52. The van der Waals surface area contributed by atoms with Crippen LogP contribution in [0.5, 0.6) is 0 Å². The summed E-state index contributed by atoms with van der Waals surface area (Å²) in [5, 5.41) is 5.08. The van der Waals surface area contributed by atoms with E-state index in [2.05, 4.69) is 247 Å². The van der Waals surface area contributed by atoms with E-state index in [0.29, 0.717) is 0 Å². The first kappa shape index (κ1) is 48.8. The van der Waals surface area contributed by atoms with Crippen LogP contribution in [0.15, 0.2) is 285 Å². The summed E-state index contributed by atoms with van der Waals surface area (Å²) in [5.74, 6) is 0. The number of aromatic nitrogens is 2. The Bertz CT molecular complexity index is 3610. The van der Waals surface area contributed by atoms with Crippen molar-refractivity contribution in [2.24, 2.45) is 10.7 Å². The number of fused-ring (bicyclic) bond motifs is 6. The van der Waals surface area contributed by atoms with Crippen LogP contribution in [0.3, 0.4) is 0 Å². The fourth-order valence-electron chi connectivity index (χ4n) is 9.29. The van der Waals surface area contributed by atoms with E-state index in [1.807, 2.05) is 54.6 Å². The van der Waals surface area contributed by atoms with E-state index < -0.39 is 0 Å². The lowest BCUT2D eigenvalue weighted by molar-refractivity contribution is 1.05. The van der Waals surface area contributed by atoms with Gasteiger partial charge in [0.1, 0.15) is 0 Å². The van der Waals surface area contributed by atoms with Crippen LogP contribution in [0, 0.1) is 6.92 Å². The average molecular weight is 945 g/mol. The van der Waals surface area contributed by atoms with Gasteiger partial charge in [-0.3, -0.25) is 4.99 Å². The van der Waals surface area contributed by atoms with Crippen LogP contribution in [0.25, 0.3) is 72.0 Å². The quantitative estimate of drug-likeness (QED) is 0.0699. The molecule has 0 aliphatic carbocycles. The number of aliphatic imine (C=N–C) groups is 1. The van der Waals surface area contributed by atoms with Gasteiger partial charge in [-0.05, 0) is 115 Å². The van der Waals surface area contributed by atoms with Gasteiger partial charge in [0.25, 0.3) is 0 Å². The summed E-state index contributed by atoms with van der Waals surface area (Å²) >= 11 is 0. The minimum atomic E-state index is 0.756. The molecule has 0 fully saturated rings. The van der Waals surface area contributed by atoms with E-state index in [9.17, 15) is 0 Å². The third-order valence-electron chi connectivity index (χ3n) is 12.9. The van der Waals surface area contributed by atoms with Crippen molar-refractivity contribution in [3.8, 4) is 11.4 Å². The minimum Gasteiger partial charge on any atom is -0.398 e. The van der Waals surface area contributed by atoms with E-state index in [1.165, 1.54) is 54.7 Å². The number of nitrogens with two attached hydrogens (primary N) is 1. The summed E-state index contributed by atoms with van der Waals surface area (Å²) in [5.41, 5.74) is 22.3. The van der Waals surface area contributed by atoms with Crippen LogP contribution in [0.4, 0.5) is 0 Å². The average Bonchev–Trinajstić information content (AvgIpc) is 3.97. The molecule has 0 aliphatic heterocycles. The van der Waals surface area contributed by atoms with Crippen molar-refractivity contribution in [3.05, 3.63) is 307 Å². The summed E-state index contributed by atoms with van der Waals surface area (Å²) in [7, 11) is 0. The van der Waals surface area contributed by atoms with Crippen LogP contribution in [0.1, 0.15) is 40.7 Å². The van der Waals surface area contributed by atoms with E-state index in [1.54, 1.807) is 6.08 Å². The molecule has 0 unspecified atom stereocenters. The molecule has 0 amide bonds. The van der Waals surface area contributed by atoms with Crippen molar-refractivity contribution in [2.45, 2.75) is 26.2 Å². The van der Waals surface area contributed by atoms with Crippen LogP contribution >= 0.6 is 0 Å². The van der Waals surface area contributed by atoms with Crippen LogP contribution in [0.2, 0.25) is 0 Å². The van der Waals surface area contributed by atoms with Crippen LogP contribution in [-0.4, -0.2) is 15.9 Å². The molecular weight excluding hydrogens is 885 g/mol. The molecule has 4 heteroatoms. The molecule has 0 atom stereocenters. The topological polar surface area (TPSA) is 48.2 Å². The molecule has 0 bridgehead atoms. The monoisotopic (exact) mass is 944 g/mol. The number of unbranched alkanes of at least 4 members (excludes halogenated alkanes) is 1. The van der Waals surface area contributed by atoms with E-state index in [-0.39, 0.29) is 0 Å². The normalized spacial score (nSPS) is 11.9. The molecule has 2 N–H and O–H groups in total.